The van der Waals surface area contributed by atoms with Gasteiger partial charge in [0.25, 0.3) is 0 Å². The molecule has 0 fully saturated rings. The molecule has 0 saturated carbocycles. The van der Waals surface area contributed by atoms with Crippen LogP contribution in [-0.2, 0) is 4.74 Å². The van der Waals surface area contributed by atoms with Gasteiger partial charge in [-0.25, -0.2) is 0 Å². The van der Waals surface area contributed by atoms with E-state index in [1.54, 1.807) is 7.11 Å². The molecule has 1 N–H and O–H groups in total. The van der Waals surface area contributed by atoms with Crippen molar-refractivity contribution in [1.82, 2.24) is 10.2 Å². The lowest BCUT2D eigenvalue weighted by Gasteiger charge is -2.35. The normalized spacial score (nSPS) is 16.0. The fourth-order valence-corrected chi connectivity index (χ4v) is 2.62. The molecule has 0 amide bonds. The summed E-state index contributed by atoms with van der Waals surface area (Å²) >= 11 is 1.93. The number of methoxy groups -OCH3 is 1. The third-order valence-electron chi connectivity index (χ3n) is 3.98. The average Bonchev–Trinajstić information content (AvgIpc) is 2.35. The molecule has 0 aliphatic rings. The van der Waals surface area contributed by atoms with Crippen molar-refractivity contribution in [3.63, 3.8) is 0 Å². The monoisotopic (exact) mass is 276 g/mol. The first-order valence-electron chi connectivity index (χ1n) is 6.80. The molecule has 0 radical (unpaired) electrons. The van der Waals surface area contributed by atoms with E-state index < -0.39 is 0 Å². The van der Waals surface area contributed by atoms with E-state index in [4.69, 9.17) is 4.74 Å². The number of likely N-dealkylation sites (N-methyl/N-ethyl adjacent to an activating group) is 1. The van der Waals surface area contributed by atoms with Crippen LogP contribution in [0.15, 0.2) is 0 Å². The minimum absolute atomic E-state index is 0.113. The summed E-state index contributed by atoms with van der Waals surface area (Å²) in [5, 5.41) is 3.37. The average molecular weight is 276 g/mol. The van der Waals surface area contributed by atoms with Crippen LogP contribution in [0.4, 0.5) is 0 Å². The third kappa shape index (κ3) is 6.41. The predicted molar refractivity (Wildman–Crippen MR) is 83.6 cm³/mol. The summed E-state index contributed by atoms with van der Waals surface area (Å²) in [5.74, 6) is 1.24. The highest BCUT2D eigenvalue weighted by Crippen LogP contribution is 2.17. The Hall–Kier alpha value is 0.230. The molecule has 0 aromatic heterocycles. The Labute approximate surface area is 118 Å². The smallest absolute Gasteiger partial charge is 0.0775 e. The van der Waals surface area contributed by atoms with Gasteiger partial charge in [-0.15, -0.1) is 0 Å². The molecule has 0 aliphatic carbocycles. The van der Waals surface area contributed by atoms with Gasteiger partial charge in [0.15, 0.2) is 0 Å². The van der Waals surface area contributed by atoms with Gasteiger partial charge >= 0.3 is 0 Å². The van der Waals surface area contributed by atoms with Crippen LogP contribution in [0.5, 0.6) is 0 Å². The standard InChI is InChI=1S/C14H32N2OS/c1-12(9-11-18-7)16(5)10-8-13(15-4)14(2,3)17-6/h12-13,15H,8-11H2,1-7H3. The zero-order chi connectivity index (χ0) is 14.2. The highest BCUT2D eigenvalue weighted by atomic mass is 32.2. The molecule has 4 heteroatoms. The number of hydrogen-bond acceptors (Lipinski definition) is 4. The highest BCUT2D eigenvalue weighted by molar-refractivity contribution is 7.98. The van der Waals surface area contributed by atoms with Crippen LogP contribution in [0, 0.1) is 0 Å². The molecule has 0 aromatic rings. The van der Waals surface area contributed by atoms with Gasteiger partial charge in [-0.1, -0.05) is 0 Å². The van der Waals surface area contributed by atoms with Crippen molar-refractivity contribution in [2.75, 3.05) is 39.8 Å². The van der Waals surface area contributed by atoms with Crippen LogP contribution in [0.1, 0.15) is 33.6 Å². The molecule has 0 bridgehead atoms. The molecule has 0 saturated heterocycles. The fourth-order valence-electron chi connectivity index (χ4n) is 2.04. The first kappa shape index (κ1) is 18.2. The molecule has 0 heterocycles. The maximum atomic E-state index is 5.56. The van der Waals surface area contributed by atoms with Crippen LogP contribution in [-0.4, -0.2) is 62.3 Å². The Morgan fingerprint density at radius 2 is 1.94 bits per heavy atom. The van der Waals surface area contributed by atoms with Crippen molar-refractivity contribution >= 4 is 11.8 Å². The zero-order valence-electron chi connectivity index (χ0n) is 13.2. The van der Waals surface area contributed by atoms with Crippen LogP contribution < -0.4 is 5.32 Å². The Balaban J connectivity index is 4.12. The Morgan fingerprint density at radius 1 is 1.33 bits per heavy atom. The topological polar surface area (TPSA) is 24.5 Å². The van der Waals surface area contributed by atoms with E-state index in [0.29, 0.717) is 12.1 Å². The molecule has 3 nitrogen and oxygen atoms in total. The van der Waals surface area contributed by atoms with Gasteiger partial charge < -0.3 is 15.0 Å². The molecular weight excluding hydrogens is 244 g/mol. The van der Waals surface area contributed by atoms with Crippen LogP contribution in [0.3, 0.4) is 0 Å². The summed E-state index contributed by atoms with van der Waals surface area (Å²) in [5.41, 5.74) is -0.113. The van der Waals surface area contributed by atoms with E-state index in [0.717, 1.165) is 13.0 Å². The highest BCUT2D eigenvalue weighted by Gasteiger charge is 2.28. The largest absolute Gasteiger partial charge is 0.377 e. The molecule has 0 aromatic carbocycles. The molecule has 18 heavy (non-hydrogen) atoms. The molecule has 110 valence electrons. The molecule has 2 unspecified atom stereocenters. The fraction of sp³-hybridized carbons (Fsp3) is 1.00. The molecule has 0 spiro atoms. The lowest BCUT2D eigenvalue weighted by molar-refractivity contribution is -0.0129. The lowest BCUT2D eigenvalue weighted by Crippen LogP contribution is -2.48. The summed E-state index contributed by atoms with van der Waals surface area (Å²) in [7, 11) is 6.02. The van der Waals surface area contributed by atoms with E-state index in [1.807, 2.05) is 18.8 Å². The number of nitrogens with zero attached hydrogens (tertiary/aromatic N) is 1. The van der Waals surface area contributed by atoms with Gasteiger partial charge in [-0.05, 0) is 66.3 Å². The van der Waals surface area contributed by atoms with Crippen molar-refractivity contribution in [2.24, 2.45) is 0 Å². The van der Waals surface area contributed by atoms with E-state index in [2.05, 4.69) is 44.3 Å². The van der Waals surface area contributed by atoms with Crippen molar-refractivity contribution in [3.8, 4) is 0 Å². The van der Waals surface area contributed by atoms with E-state index >= 15 is 0 Å². The number of ether oxygens (including phenoxy) is 1. The molecule has 0 aliphatic heterocycles. The van der Waals surface area contributed by atoms with Crippen LogP contribution >= 0.6 is 11.8 Å². The number of nitrogens with one attached hydrogen (secondary N) is 1. The minimum atomic E-state index is -0.113. The van der Waals surface area contributed by atoms with E-state index in [1.165, 1.54) is 12.2 Å². The zero-order valence-corrected chi connectivity index (χ0v) is 14.1. The van der Waals surface area contributed by atoms with Gasteiger partial charge in [0.2, 0.25) is 0 Å². The Bertz CT molecular complexity index is 212. The van der Waals surface area contributed by atoms with Crippen molar-refractivity contribution < 1.29 is 4.74 Å². The predicted octanol–water partition coefficient (Wildman–Crippen LogP) is 2.46. The minimum Gasteiger partial charge on any atom is -0.377 e. The second-order valence-corrected chi connectivity index (χ2v) is 6.53. The number of hydrogen-bond donors (Lipinski definition) is 1. The van der Waals surface area contributed by atoms with E-state index in [9.17, 15) is 0 Å². The first-order chi connectivity index (χ1) is 8.38. The number of thioether (sulfide) groups is 1. The maximum Gasteiger partial charge on any atom is 0.0775 e. The SMILES string of the molecule is CNC(CCN(C)C(C)CCSC)C(C)(C)OC. The van der Waals surface area contributed by atoms with Crippen molar-refractivity contribution in [3.05, 3.63) is 0 Å². The Kier molecular flexibility index (Phi) is 9.30. The summed E-state index contributed by atoms with van der Waals surface area (Å²) in [4.78, 5) is 2.45. The quantitative estimate of drug-likeness (QED) is 0.662. The van der Waals surface area contributed by atoms with Crippen LogP contribution in [0.25, 0.3) is 0 Å². The van der Waals surface area contributed by atoms with Gasteiger partial charge in [-0.3, -0.25) is 0 Å². The molecular formula is C14H32N2OS. The number of rotatable bonds is 10. The summed E-state index contributed by atoms with van der Waals surface area (Å²) < 4.78 is 5.56. The van der Waals surface area contributed by atoms with Gasteiger partial charge in [-0.2, -0.15) is 11.8 Å². The summed E-state index contributed by atoms with van der Waals surface area (Å²) in [6.07, 6.45) is 4.54. The van der Waals surface area contributed by atoms with Crippen LogP contribution in [0.2, 0.25) is 0 Å². The van der Waals surface area contributed by atoms with E-state index in [-0.39, 0.29) is 5.60 Å². The summed E-state index contributed by atoms with van der Waals surface area (Å²) in [6, 6.07) is 1.04. The van der Waals surface area contributed by atoms with Gasteiger partial charge in [0.05, 0.1) is 5.60 Å². The summed E-state index contributed by atoms with van der Waals surface area (Å²) in [6.45, 7) is 7.70. The van der Waals surface area contributed by atoms with Crippen molar-refractivity contribution in [2.45, 2.75) is 51.3 Å². The molecule has 0 rings (SSSR count). The van der Waals surface area contributed by atoms with Gasteiger partial charge in [0, 0.05) is 19.2 Å². The third-order valence-corrected chi connectivity index (χ3v) is 4.62. The second-order valence-electron chi connectivity index (χ2n) is 5.55. The Morgan fingerprint density at radius 3 is 2.39 bits per heavy atom. The first-order valence-corrected chi connectivity index (χ1v) is 8.20. The lowest BCUT2D eigenvalue weighted by atomic mass is 9.95. The van der Waals surface area contributed by atoms with Gasteiger partial charge in [0.1, 0.15) is 0 Å². The maximum absolute atomic E-state index is 5.56. The second kappa shape index (κ2) is 9.18. The van der Waals surface area contributed by atoms with Crippen molar-refractivity contribution in [1.29, 1.82) is 0 Å². The molecule has 2 atom stereocenters.